The van der Waals surface area contributed by atoms with Gasteiger partial charge in [-0.25, -0.2) is 4.79 Å². The fraction of sp³-hybridized carbons (Fsp3) is 0.700. The Morgan fingerprint density at radius 2 is 2.15 bits per heavy atom. The van der Waals surface area contributed by atoms with E-state index >= 15 is 0 Å². The summed E-state index contributed by atoms with van der Waals surface area (Å²) in [6.45, 7) is 3.49. The largest absolute Gasteiger partial charge is 0.466 e. The van der Waals surface area contributed by atoms with Crippen molar-refractivity contribution in [1.82, 2.24) is 4.90 Å². The van der Waals surface area contributed by atoms with Crippen molar-refractivity contribution in [1.29, 1.82) is 0 Å². The Kier molecular flexibility index (Phi) is 4.54. The Balaban J connectivity index is 2.05. The van der Waals surface area contributed by atoms with Gasteiger partial charge >= 0.3 is 5.97 Å². The lowest BCUT2D eigenvalue weighted by atomic mass is 10.3. The summed E-state index contributed by atoms with van der Waals surface area (Å²) in [5.41, 5.74) is 0. The van der Waals surface area contributed by atoms with E-state index in [1.54, 1.807) is 0 Å². The molecule has 13 heavy (non-hydrogen) atoms. The molecule has 0 bridgehead atoms. The first-order valence-corrected chi connectivity index (χ1v) is 4.80. The van der Waals surface area contributed by atoms with Gasteiger partial charge in [0.2, 0.25) is 0 Å². The van der Waals surface area contributed by atoms with E-state index in [1.165, 1.54) is 39.1 Å². The second kappa shape index (κ2) is 5.75. The minimum Gasteiger partial charge on any atom is -0.466 e. The number of esters is 1. The first kappa shape index (κ1) is 10.3. The number of rotatable bonds is 4. The van der Waals surface area contributed by atoms with Crippen LogP contribution in [0.4, 0.5) is 0 Å². The molecule has 0 aromatic heterocycles. The molecule has 0 saturated carbocycles. The van der Waals surface area contributed by atoms with Gasteiger partial charge in [-0.05, 0) is 32.4 Å². The van der Waals surface area contributed by atoms with Gasteiger partial charge in [0.15, 0.2) is 0 Å². The summed E-state index contributed by atoms with van der Waals surface area (Å²) in [7, 11) is 1.40. The van der Waals surface area contributed by atoms with Gasteiger partial charge in [-0.1, -0.05) is 6.08 Å². The summed E-state index contributed by atoms with van der Waals surface area (Å²) in [5.74, 6) is -0.263. The molecule has 0 spiro atoms. The van der Waals surface area contributed by atoms with Gasteiger partial charge in [-0.3, -0.25) is 0 Å². The molecule has 1 fully saturated rings. The molecule has 0 aromatic rings. The third kappa shape index (κ3) is 4.08. The van der Waals surface area contributed by atoms with E-state index in [9.17, 15) is 4.79 Å². The van der Waals surface area contributed by atoms with Crippen molar-refractivity contribution in [2.75, 3.05) is 26.7 Å². The molecular formula is C10H17NO2. The molecule has 1 saturated heterocycles. The number of methoxy groups -OCH3 is 1. The first-order valence-electron chi connectivity index (χ1n) is 4.80. The van der Waals surface area contributed by atoms with Gasteiger partial charge in [0.1, 0.15) is 0 Å². The molecule has 1 aliphatic rings. The van der Waals surface area contributed by atoms with Crippen molar-refractivity contribution in [2.24, 2.45) is 0 Å². The molecule has 0 atom stereocenters. The van der Waals surface area contributed by atoms with Crippen molar-refractivity contribution in [3.8, 4) is 0 Å². The third-order valence-corrected chi connectivity index (χ3v) is 2.27. The van der Waals surface area contributed by atoms with E-state index < -0.39 is 0 Å². The van der Waals surface area contributed by atoms with Crippen LogP contribution in [0.3, 0.4) is 0 Å². The number of ether oxygens (including phenoxy) is 1. The van der Waals surface area contributed by atoms with Gasteiger partial charge in [-0.15, -0.1) is 0 Å². The van der Waals surface area contributed by atoms with Crippen LogP contribution in [0.5, 0.6) is 0 Å². The SMILES string of the molecule is COC(=O)/C=C\CCN1CCCC1. The lowest BCUT2D eigenvalue weighted by Crippen LogP contribution is -2.19. The third-order valence-electron chi connectivity index (χ3n) is 2.27. The zero-order valence-corrected chi connectivity index (χ0v) is 8.16. The predicted molar refractivity (Wildman–Crippen MR) is 51.4 cm³/mol. The molecule has 3 heteroatoms. The highest BCUT2D eigenvalue weighted by molar-refractivity contribution is 5.81. The Morgan fingerprint density at radius 3 is 2.77 bits per heavy atom. The number of likely N-dealkylation sites (tertiary alicyclic amines) is 1. The molecule has 0 radical (unpaired) electrons. The smallest absolute Gasteiger partial charge is 0.330 e. The molecule has 1 rings (SSSR count). The molecule has 0 unspecified atom stereocenters. The van der Waals surface area contributed by atoms with Crippen LogP contribution in [0.15, 0.2) is 12.2 Å². The maximum Gasteiger partial charge on any atom is 0.330 e. The summed E-state index contributed by atoms with van der Waals surface area (Å²) in [6.07, 6.45) is 6.96. The van der Waals surface area contributed by atoms with Crippen molar-refractivity contribution in [2.45, 2.75) is 19.3 Å². The van der Waals surface area contributed by atoms with E-state index in [-0.39, 0.29) is 5.97 Å². The Bertz CT molecular complexity index is 183. The average Bonchev–Trinajstić information content (AvgIpc) is 2.64. The minimum atomic E-state index is -0.263. The fourth-order valence-electron chi connectivity index (χ4n) is 1.51. The van der Waals surface area contributed by atoms with Crippen molar-refractivity contribution in [3.05, 3.63) is 12.2 Å². The van der Waals surface area contributed by atoms with Crippen molar-refractivity contribution >= 4 is 5.97 Å². The topological polar surface area (TPSA) is 29.5 Å². The number of nitrogens with zero attached hydrogens (tertiary/aromatic N) is 1. The molecule has 74 valence electrons. The highest BCUT2D eigenvalue weighted by atomic mass is 16.5. The summed E-state index contributed by atoms with van der Waals surface area (Å²) in [6, 6.07) is 0. The van der Waals surface area contributed by atoms with Gasteiger partial charge in [-0.2, -0.15) is 0 Å². The molecule has 0 aliphatic carbocycles. The van der Waals surface area contributed by atoms with Crippen LogP contribution in [0, 0.1) is 0 Å². The molecule has 0 N–H and O–H groups in total. The zero-order valence-electron chi connectivity index (χ0n) is 8.16. The summed E-state index contributed by atoms with van der Waals surface area (Å²) in [5, 5.41) is 0. The van der Waals surface area contributed by atoms with Crippen LogP contribution in [0.25, 0.3) is 0 Å². The number of hydrogen-bond acceptors (Lipinski definition) is 3. The first-order chi connectivity index (χ1) is 6.33. The van der Waals surface area contributed by atoms with E-state index in [0.29, 0.717) is 0 Å². The highest BCUT2D eigenvalue weighted by Gasteiger charge is 2.09. The minimum absolute atomic E-state index is 0.263. The molecular weight excluding hydrogens is 166 g/mol. The normalized spacial score (nSPS) is 18.2. The highest BCUT2D eigenvalue weighted by Crippen LogP contribution is 2.07. The number of hydrogen-bond donors (Lipinski definition) is 0. The van der Waals surface area contributed by atoms with Crippen LogP contribution >= 0.6 is 0 Å². The van der Waals surface area contributed by atoms with Crippen LogP contribution in [-0.2, 0) is 9.53 Å². The lowest BCUT2D eigenvalue weighted by Gasteiger charge is -2.11. The molecule has 0 aromatic carbocycles. The van der Waals surface area contributed by atoms with Crippen molar-refractivity contribution < 1.29 is 9.53 Å². The number of carbonyl (C=O) groups excluding carboxylic acids is 1. The van der Waals surface area contributed by atoms with E-state index in [4.69, 9.17) is 0 Å². The Labute approximate surface area is 79.4 Å². The molecule has 1 aliphatic heterocycles. The number of carbonyl (C=O) groups is 1. The van der Waals surface area contributed by atoms with E-state index in [0.717, 1.165) is 13.0 Å². The second-order valence-corrected chi connectivity index (χ2v) is 3.26. The molecule has 1 heterocycles. The second-order valence-electron chi connectivity index (χ2n) is 3.26. The maximum absolute atomic E-state index is 10.7. The van der Waals surface area contributed by atoms with Gasteiger partial charge in [0.05, 0.1) is 7.11 Å². The fourth-order valence-corrected chi connectivity index (χ4v) is 1.51. The molecule has 0 amide bonds. The lowest BCUT2D eigenvalue weighted by molar-refractivity contribution is -0.134. The van der Waals surface area contributed by atoms with Crippen LogP contribution in [0.1, 0.15) is 19.3 Å². The van der Waals surface area contributed by atoms with Crippen LogP contribution < -0.4 is 0 Å². The monoisotopic (exact) mass is 183 g/mol. The maximum atomic E-state index is 10.7. The average molecular weight is 183 g/mol. The quantitative estimate of drug-likeness (QED) is 0.484. The Hall–Kier alpha value is -0.830. The zero-order chi connectivity index (χ0) is 9.52. The summed E-state index contributed by atoms with van der Waals surface area (Å²) in [4.78, 5) is 13.1. The standard InChI is InChI=1S/C10H17NO2/c1-13-10(12)6-2-3-7-11-8-4-5-9-11/h2,6H,3-5,7-9H2,1H3/b6-2-. The predicted octanol–water partition coefficient (Wildman–Crippen LogP) is 1.20. The van der Waals surface area contributed by atoms with Gasteiger partial charge < -0.3 is 9.64 Å². The van der Waals surface area contributed by atoms with Crippen LogP contribution in [0.2, 0.25) is 0 Å². The Morgan fingerprint density at radius 1 is 1.46 bits per heavy atom. The summed E-state index contributed by atoms with van der Waals surface area (Å²) >= 11 is 0. The molecule has 3 nitrogen and oxygen atoms in total. The van der Waals surface area contributed by atoms with Gasteiger partial charge in [0, 0.05) is 12.6 Å². The van der Waals surface area contributed by atoms with Crippen molar-refractivity contribution in [3.63, 3.8) is 0 Å². The van der Waals surface area contributed by atoms with E-state index in [2.05, 4.69) is 9.64 Å². The van der Waals surface area contributed by atoms with Crippen LogP contribution in [-0.4, -0.2) is 37.6 Å². The summed E-state index contributed by atoms with van der Waals surface area (Å²) < 4.78 is 4.48. The van der Waals surface area contributed by atoms with E-state index in [1.807, 2.05) is 6.08 Å². The van der Waals surface area contributed by atoms with Gasteiger partial charge in [0.25, 0.3) is 0 Å².